The summed E-state index contributed by atoms with van der Waals surface area (Å²) in [4.78, 5) is 23.9. The summed E-state index contributed by atoms with van der Waals surface area (Å²) >= 11 is 0. The van der Waals surface area contributed by atoms with Crippen LogP contribution in [0.4, 0.5) is 0 Å². The predicted octanol–water partition coefficient (Wildman–Crippen LogP) is 7.14. The Labute approximate surface area is 242 Å². The number of benzene rings is 4. The summed E-state index contributed by atoms with van der Waals surface area (Å²) in [5, 5.41) is 11.1. The molecule has 0 aromatic heterocycles. The molecule has 4 aromatic rings. The van der Waals surface area contributed by atoms with Gasteiger partial charge in [-0.25, -0.2) is 0 Å². The van der Waals surface area contributed by atoms with E-state index in [2.05, 4.69) is 66.7 Å². The van der Waals surface area contributed by atoms with Gasteiger partial charge in [-0.15, -0.1) is 0 Å². The number of rotatable bonds is 0. The lowest BCUT2D eigenvalue weighted by atomic mass is 9.71. The summed E-state index contributed by atoms with van der Waals surface area (Å²) in [7, 11) is 0. The first kappa shape index (κ1) is 26.1. The van der Waals surface area contributed by atoms with E-state index in [1.807, 2.05) is 30.3 Å². The molecule has 0 bridgehead atoms. The van der Waals surface area contributed by atoms with E-state index < -0.39 is 11.5 Å². The fourth-order valence-corrected chi connectivity index (χ4v) is 8.20. The first-order valence-electron chi connectivity index (χ1n) is 15.0. The van der Waals surface area contributed by atoms with Crippen molar-refractivity contribution >= 4 is 11.6 Å². The van der Waals surface area contributed by atoms with Crippen molar-refractivity contribution in [3.8, 4) is 0 Å². The number of Topliss-reactive ketones (excluding diaryl/α,β-unsaturated/α-hetero) is 2. The Morgan fingerprint density at radius 1 is 0.537 bits per heavy atom. The quantitative estimate of drug-likeness (QED) is 0.258. The molecule has 2 fully saturated rings. The van der Waals surface area contributed by atoms with E-state index in [-0.39, 0.29) is 11.2 Å². The van der Waals surface area contributed by atoms with Gasteiger partial charge < -0.3 is 5.11 Å². The average molecular weight is 541 g/mol. The molecule has 2 spiro atoms. The van der Waals surface area contributed by atoms with E-state index >= 15 is 0 Å². The lowest BCUT2D eigenvalue weighted by Crippen LogP contribution is -2.31. The normalized spacial score (nSPS) is 25.8. The van der Waals surface area contributed by atoms with Crippen LogP contribution in [0, 0.1) is 0 Å². The van der Waals surface area contributed by atoms with Crippen LogP contribution in [0.15, 0.2) is 97.1 Å². The highest BCUT2D eigenvalue weighted by molar-refractivity contribution is 5.84. The molecule has 2 saturated carbocycles. The maximum atomic E-state index is 12.0. The monoisotopic (exact) mass is 540 g/mol. The Hall–Kier alpha value is -3.82. The molecule has 3 nitrogen and oxygen atoms in total. The van der Waals surface area contributed by atoms with Gasteiger partial charge in [-0.1, -0.05) is 97.1 Å². The van der Waals surface area contributed by atoms with Crippen molar-refractivity contribution in [1.29, 1.82) is 0 Å². The van der Waals surface area contributed by atoms with Crippen LogP contribution in [-0.2, 0) is 39.7 Å². The summed E-state index contributed by atoms with van der Waals surface area (Å²) in [5.74, 6) is 0.697. The second-order valence-electron chi connectivity index (χ2n) is 12.6. The zero-order valence-electron chi connectivity index (χ0n) is 23.4. The van der Waals surface area contributed by atoms with Gasteiger partial charge in [0.1, 0.15) is 11.6 Å². The third-order valence-electron chi connectivity index (χ3n) is 10.2. The van der Waals surface area contributed by atoms with Gasteiger partial charge in [-0.3, -0.25) is 9.59 Å². The maximum Gasteiger partial charge on any atom is 0.133 e. The number of aliphatic hydroxyl groups is 1. The van der Waals surface area contributed by atoms with Gasteiger partial charge in [0.2, 0.25) is 0 Å². The average Bonchev–Trinajstić information content (AvgIpc) is 3.51. The van der Waals surface area contributed by atoms with E-state index in [0.29, 0.717) is 18.6 Å². The van der Waals surface area contributed by atoms with Crippen LogP contribution in [-0.4, -0.2) is 16.7 Å². The minimum Gasteiger partial charge on any atom is -0.387 e. The van der Waals surface area contributed by atoms with Crippen LogP contribution in [0.2, 0.25) is 0 Å². The smallest absolute Gasteiger partial charge is 0.133 e. The van der Waals surface area contributed by atoms with Gasteiger partial charge in [-0.05, 0) is 76.6 Å². The van der Waals surface area contributed by atoms with Gasteiger partial charge in [-0.2, -0.15) is 0 Å². The molecule has 3 unspecified atom stereocenters. The van der Waals surface area contributed by atoms with Crippen molar-refractivity contribution in [2.45, 2.75) is 74.7 Å². The molecule has 3 atom stereocenters. The van der Waals surface area contributed by atoms with Crippen LogP contribution >= 0.6 is 0 Å². The summed E-state index contributed by atoms with van der Waals surface area (Å²) < 4.78 is 0. The Morgan fingerprint density at radius 3 is 1.76 bits per heavy atom. The summed E-state index contributed by atoms with van der Waals surface area (Å²) in [6, 6.07) is 33.9. The fourth-order valence-electron chi connectivity index (χ4n) is 8.20. The number of aliphatic hydroxyl groups excluding tert-OH is 1. The van der Waals surface area contributed by atoms with E-state index in [1.54, 1.807) is 0 Å². The van der Waals surface area contributed by atoms with Crippen molar-refractivity contribution < 1.29 is 14.7 Å². The standard InChI is InChI=1S/C19H18O2.C19H18O/c20-15-9-10-19(12-15)17-8-4-2-6-14(17)11-13-5-1-3-7-16(13)18(19)21;20-17-9-10-19(13-17)12-16-7-2-1-5-14(16)11-15-6-3-4-8-18(15)19/h1-8,18,21H,9-12H2;1-8H,9-13H2. The molecule has 1 N–H and O–H groups in total. The Kier molecular flexibility index (Phi) is 6.51. The first-order chi connectivity index (χ1) is 20.0. The molecule has 3 heteroatoms. The number of carbonyl (C=O) groups is 2. The molecule has 0 saturated heterocycles. The minimum absolute atomic E-state index is 0.0558. The van der Waals surface area contributed by atoms with Crippen LogP contribution in [0.3, 0.4) is 0 Å². The number of ketones is 2. The van der Waals surface area contributed by atoms with Crippen molar-refractivity contribution in [1.82, 2.24) is 0 Å². The molecular formula is C38H36O3. The molecule has 4 aliphatic rings. The van der Waals surface area contributed by atoms with Gasteiger partial charge in [0, 0.05) is 36.5 Å². The topological polar surface area (TPSA) is 54.4 Å². The van der Waals surface area contributed by atoms with E-state index in [0.717, 1.165) is 50.5 Å². The Balaban J connectivity index is 0.000000135. The third-order valence-corrected chi connectivity index (χ3v) is 10.2. The van der Waals surface area contributed by atoms with E-state index in [4.69, 9.17) is 0 Å². The second kappa shape index (κ2) is 10.2. The van der Waals surface area contributed by atoms with Crippen LogP contribution in [0.25, 0.3) is 0 Å². The van der Waals surface area contributed by atoms with Crippen molar-refractivity contribution in [3.63, 3.8) is 0 Å². The SMILES string of the molecule is O=C1CCC2(C1)Cc1ccccc1Cc1ccccc12.O=C1CCC2(C1)c1ccccc1Cc1ccccc1C2O. The van der Waals surface area contributed by atoms with E-state index in [9.17, 15) is 14.7 Å². The lowest BCUT2D eigenvalue weighted by Gasteiger charge is -2.34. The number of hydrogen-bond donors (Lipinski definition) is 1. The second-order valence-corrected chi connectivity index (χ2v) is 12.6. The van der Waals surface area contributed by atoms with E-state index in [1.165, 1.54) is 38.9 Å². The molecule has 8 rings (SSSR count). The zero-order valence-corrected chi connectivity index (χ0v) is 23.4. The van der Waals surface area contributed by atoms with Crippen molar-refractivity contribution in [2.75, 3.05) is 0 Å². The third kappa shape index (κ3) is 4.48. The zero-order chi connectivity index (χ0) is 28.0. The van der Waals surface area contributed by atoms with Gasteiger partial charge in [0.25, 0.3) is 0 Å². The van der Waals surface area contributed by atoms with Crippen molar-refractivity contribution in [3.05, 3.63) is 142 Å². The minimum atomic E-state index is -0.594. The molecule has 4 aliphatic carbocycles. The first-order valence-corrected chi connectivity index (χ1v) is 15.0. The van der Waals surface area contributed by atoms with Gasteiger partial charge in [0.05, 0.1) is 6.10 Å². The number of fused-ring (bicyclic) bond motifs is 6. The molecule has 0 amide bonds. The summed E-state index contributed by atoms with van der Waals surface area (Å²) in [6.07, 6.45) is 6.52. The van der Waals surface area contributed by atoms with Crippen LogP contribution in [0.5, 0.6) is 0 Å². The number of carbonyl (C=O) groups excluding carboxylic acids is 2. The van der Waals surface area contributed by atoms with Gasteiger partial charge >= 0.3 is 0 Å². The molecule has 0 heterocycles. The van der Waals surface area contributed by atoms with Gasteiger partial charge in [0.15, 0.2) is 0 Å². The molecule has 0 radical (unpaired) electrons. The molecular weight excluding hydrogens is 504 g/mol. The molecule has 0 aliphatic heterocycles. The largest absolute Gasteiger partial charge is 0.387 e. The summed E-state index contributed by atoms with van der Waals surface area (Å²) in [5.41, 5.74) is 9.89. The fraction of sp³-hybridized carbons (Fsp3) is 0.316. The van der Waals surface area contributed by atoms with Crippen LogP contribution < -0.4 is 0 Å². The highest BCUT2D eigenvalue weighted by Gasteiger charge is 2.49. The molecule has 4 aromatic carbocycles. The highest BCUT2D eigenvalue weighted by atomic mass is 16.3. The summed E-state index contributed by atoms with van der Waals surface area (Å²) in [6.45, 7) is 0. The maximum absolute atomic E-state index is 12.0. The molecule has 41 heavy (non-hydrogen) atoms. The highest BCUT2D eigenvalue weighted by Crippen LogP contribution is 2.52. The lowest BCUT2D eigenvalue weighted by molar-refractivity contribution is -0.118. The van der Waals surface area contributed by atoms with Crippen molar-refractivity contribution in [2.24, 2.45) is 0 Å². The Morgan fingerprint density at radius 2 is 1.07 bits per heavy atom. The molecule has 206 valence electrons. The Bertz CT molecular complexity index is 1650. The number of hydrogen-bond acceptors (Lipinski definition) is 3. The van der Waals surface area contributed by atoms with Crippen LogP contribution in [0.1, 0.15) is 89.1 Å². The predicted molar refractivity (Wildman–Crippen MR) is 161 cm³/mol.